The molecule has 2 aromatic carbocycles. The molecule has 0 saturated carbocycles. The number of methoxy groups -OCH3 is 1. The third kappa shape index (κ3) is 2.85. The van der Waals surface area contributed by atoms with E-state index in [0.29, 0.717) is 28.4 Å². The SMILES string of the molecule is CCOc1c(-c2ccc(OC)cc2)oc2cc(C)c(Cl)cc2c1=O. The number of hydrogen-bond donors (Lipinski definition) is 0. The molecule has 0 atom stereocenters. The van der Waals surface area contributed by atoms with Crippen LogP contribution in [0.5, 0.6) is 11.5 Å². The highest BCUT2D eigenvalue weighted by atomic mass is 35.5. The average Bonchev–Trinajstić information content (AvgIpc) is 2.59. The Hall–Kier alpha value is -2.46. The van der Waals surface area contributed by atoms with Gasteiger partial charge in [0.15, 0.2) is 5.76 Å². The third-order valence-corrected chi connectivity index (χ3v) is 4.18. The first-order valence-corrected chi connectivity index (χ1v) is 7.97. The van der Waals surface area contributed by atoms with E-state index in [1.165, 1.54) is 0 Å². The Morgan fingerprint density at radius 2 is 1.88 bits per heavy atom. The fourth-order valence-corrected chi connectivity index (χ4v) is 2.67. The molecule has 0 amide bonds. The second kappa shape index (κ2) is 6.57. The molecule has 0 N–H and O–H groups in total. The van der Waals surface area contributed by atoms with Gasteiger partial charge in [0.05, 0.1) is 19.1 Å². The maximum Gasteiger partial charge on any atom is 0.235 e. The number of ether oxygens (including phenoxy) is 2. The van der Waals surface area contributed by atoms with Crippen LogP contribution in [-0.2, 0) is 0 Å². The van der Waals surface area contributed by atoms with Crippen LogP contribution in [-0.4, -0.2) is 13.7 Å². The van der Waals surface area contributed by atoms with E-state index in [4.69, 9.17) is 25.5 Å². The fourth-order valence-electron chi connectivity index (χ4n) is 2.51. The predicted molar refractivity (Wildman–Crippen MR) is 95.4 cm³/mol. The van der Waals surface area contributed by atoms with Crippen LogP contribution >= 0.6 is 11.6 Å². The summed E-state index contributed by atoms with van der Waals surface area (Å²) in [6.45, 7) is 4.05. The van der Waals surface area contributed by atoms with Gasteiger partial charge in [-0.05, 0) is 55.8 Å². The van der Waals surface area contributed by atoms with Crippen LogP contribution in [0.2, 0.25) is 5.02 Å². The minimum Gasteiger partial charge on any atom is -0.497 e. The van der Waals surface area contributed by atoms with Crippen LogP contribution < -0.4 is 14.9 Å². The summed E-state index contributed by atoms with van der Waals surface area (Å²) in [4.78, 5) is 12.8. The van der Waals surface area contributed by atoms with Gasteiger partial charge in [-0.1, -0.05) is 11.6 Å². The van der Waals surface area contributed by atoms with Crippen molar-refractivity contribution < 1.29 is 13.9 Å². The Morgan fingerprint density at radius 1 is 1.17 bits per heavy atom. The molecule has 3 rings (SSSR count). The zero-order chi connectivity index (χ0) is 17.3. The van der Waals surface area contributed by atoms with Gasteiger partial charge in [0, 0.05) is 10.6 Å². The summed E-state index contributed by atoms with van der Waals surface area (Å²) in [5, 5.41) is 0.931. The van der Waals surface area contributed by atoms with Gasteiger partial charge in [-0.25, -0.2) is 0 Å². The van der Waals surface area contributed by atoms with Crippen molar-refractivity contribution in [2.75, 3.05) is 13.7 Å². The highest BCUT2D eigenvalue weighted by Crippen LogP contribution is 2.33. The first kappa shape index (κ1) is 16.4. The summed E-state index contributed by atoms with van der Waals surface area (Å²) in [5.74, 6) is 1.32. The van der Waals surface area contributed by atoms with E-state index in [-0.39, 0.29) is 11.2 Å². The molecule has 0 aliphatic rings. The van der Waals surface area contributed by atoms with Crippen LogP contribution in [0.3, 0.4) is 0 Å². The fraction of sp³-hybridized carbons (Fsp3) is 0.211. The van der Waals surface area contributed by atoms with Gasteiger partial charge in [0.25, 0.3) is 0 Å². The lowest BCUT2D eigenvalue weighted by atomic mass is 10.1. The minimum atomic E-state index is -0.231. The number of fused-ring (bicyclic) bond motifs is 1. The van der Waals surface area contributed by atoms with E-state index in [9.17, 15) is 4.79 Å². The van der Waals surface area contributed by atoms with Crippen molar-refractivity contribution in [1.29, 1.82) is 0 Å². The van der Waals surface area contributed by atoms with Crippen LogP contribution in [0.4, 0.5) is 0 Å². The normalized spacial score (nSPS) is 10.8. The maximum absolute atomic E-state index is 12.8. The molecule has 24 heavy (non-hydrogen) atoms. The number of halogens is 1. The van der Waals surface area contributed by atoms with Gasteiger partial charge >= 0.3 is 0 Å². The molecule has 0 bridgehead atoms. The van der Waals surface area contributed by atoms with Crippen LogP contribution in [0.1, 0.15) is 12.5 Å². The summed E-state index contributed by atoms with van der Waals surface area (Å²) in [5.41, 5.74) is 1.84. The summed E-state index contributed by atoms with van der Waals surface area (Å²) < 4.78 is 16.7. The second-order valence-electron chi connectivity index (χ2n) is 5.35. The summed E-state index contributed by atoms with van der Waals surface area (Å²) in [6, 6.07) is 10.7. The molecular formula is C19H17ClO4. The van der Waals surface area contributed by atoms with Gasteiger partial charge in [-0.15, -0.1) is 0 Å². The molecule has 0 fully saturated rings. The highest BCUT2D eigenvalue weighted by molar-refractivity contribution is 6.32. The van der Waals surface area contributed by atoms with Gasteiger partial charge in [-0.3, -0.25) is 4.79 Å². The van der Waals surface area contributed by atoms with Gasteiger partial charge in [0.1, 0.15) is 11.3 Å². The van der Waals surface area contributed by atoms with Gasteiger partial charge < -0.3 is 13.9 Å². The Morgan fingerprint density at radius 3 is 2.50 bits per heavy atom. The number of aryl methyl sites for hydroxylation is 1. The molecule has 0 aliphatic heterocycles. The first-order chi connectivity index (χ1) is 11.5. The molecule has 0 aliphatic carbocycles. The summed E-state index contributed by atoms with van der Waals surface area (Å²) >= 11 is 6.14. The van der Waals surface area contributed by atoms with E-state index in [2.05, 4.69) is 0 Å². The maximum atomic E-state index is 12.8. The van der Waals surface area contributed by atoms with E-state index in [0.717, 1.165) is 16.9 Å². The van der Waals surface area contributed by atoms with Crippen molar-refractivity contribution in [3.8, 4) is 22.8 Å². The summed E-state index contributed by atoms with van der Waals surface area (Å²) in [7, 11) is 1.60. The van der Waals surface area contributed by atoms with Crippen LogP contribution in [0.15, 0.2) is 45.6 Å². The Labute approximate surface area is 144 Å². The van der Waals surface area contributed by atoms with Crippen molar-refractivity contribution in [3.05, 3.63) is 57.2 Å². The van der Waals surface area contributed by atoms with Crippen molar-refractivity contribution in [1.82, 2.24) is 0 Å². The van der Waals surface area contributed by atoms with Gasteiger partial charge in [0.2, 0.25) is 11.2 Å². The quantitative estimate of drug-likeness (QED) is 0.680. The molecule has 1 heterocycles. The standard InChI is InChI=1S/C19H17ClO4/c1-4-23-19-17(21)14-10-15(20)11(2)9-16(14)24-18(19)12-5-7-13(22-3)8-6-12/h5-10H,4H2,1-3H3. The second-order valence-corrected chi connectivity index (χ2v) is 5.76. The van der Waals surface area contributed by atoms with E-state index >= 15 is 0 Å². The molecule has 0 saturated heterocycles. The van der Waals surface area contributed by atoms with Crippen molar-refractivity contribution >= 4 is 22.6 Å². The third-order valence-electron chi connectivity index (χ3n) is 3.77. The molecule has 1 aromatic heterocycles. The first-order valence-electron chi connectivity index (χ1n) is 7.59. The molecule has 4 nitrogen and oxygen atoms in total. The molecule has 5 heteroatoms. The molecule has 0 spiro atoms. The highest BCUT2D eigenvalue weighted by Gasteiger charge is 2.18. The van der Waals surface area contributed by atoms with Crippen molar-refractivity contribution in [3.63, 3.8) is 0 Å². The number of hydrogen-bond acceptors (Lipinski definition) is 4. The zero-order valence-corrected chi connectivity index (χ0v) is 14.4. The summed E-state index contributed by atoms with van der Waals surface area (Å²) in [6.07, 6.45) is 0. The lowest BCUT2D eigenvalue weighted by Gasteiger charge is -2.11. The largest absolute Gasteiger partial charge is 0.497 e. The van der Waals surface area contributed by atoms with Gasteiger partial charge in [-0.2, -0.15) is 0 Å². The smallest absolute Gasteiger partial charge is 0.235 e. The molecule has 0 radical (unpaired) electrons. The molecule has 124 valence electrons. The zero-order valence-electron chi connectivity index (χ0n) is 13.7. The minimum absolute atomic E-state index is 0.190. The van der Waals surface area contributed by atoms with Crippen molar-refractivity contribution in [2.45, 2.75) is 13.8 Å². The number of benzene rings is 2. The molecular weight excluding hydrogens is 328 g/mol. The lowest BCUT2D eigenvalue weighted by molar-refractivity contribution is 0.330. The molecule has 0 unspecified atom stereocenters. The van der Waals surface area contributed by atoms with E-state index in [1.807, 2.05) is 38.1 Å². The topological polar surface area (TPSA) is 48.7 Å². The average molecular weight is 345 g/mol. The Balaban J connectivity index is 2.30. The number of rotatable bonds is 4. The predicted octanol–water partition coefficient (Wildman–Crippen LogP) is 4.83. The Bertz CT molecular complexity index is 942. The van der Waals surface area contributed by atoms with E-state index < -0.39 is 0 Å². The van der Waals surface area contributed by atoms with Crippen LogP contribution in [0, 0.1) is 6.92 Å². The van der Waals surface area contributed by atoms with Crippen LogP contribution in [0.25, 0.3) is 22.3 Å². The monoisotopic (exact) mass is 344 g/mol. The van der Waals surface area contributed by atoms with Crippen molar-refractivity contribution in [2.24, 2.45) is 0 Å². The van der Waals surface area contributed by atoms with E-state index in [1.54, 1.807) is 19.2 Å². The Kier molecular flexibility index (Phi) is 4.49. The molecule has 3 aromatic rings. The lowest BCUT2D eigenvalue weighted by Crippen LogP contribution is -2.10.